The zero-order valence-electron chi connectivity index (χ0n) is 13.7. The molecule has 0 amide bonds. The molecule has 21 heavy (non-hydrogen) atoms. The van der Waals surface area contributed by atoms with E-state index in [1.165, 1.54) is 0 Å². The third-order valence-corrected chi connectivity index (χ3v) is 4.27. The van der Waals surface area contributed by atoms with E-state index in [1.807, 2.05) is 45.9 Å². The van der Waals surface area contributed by atoms with Crippen LogP contribution in [0.25, 0.3) is 0 Å². The first kappa shape index (κ1) is 16.1. The Morgan fingerprint density at radius 2 is 2.00 bits per heavy atom. The topological polar surface area (TPSA) is 42.4 Å². The van der Waals surface area contributed by atoms with Crippen molar-refractivity contribution in [3.05, 3.63) is 30.1 Å². The maximum absolute atomic E-state index is 12.6. The van der Waals surface area contributed by atoms with Crippen LogP contribution in [-0.4, -0.2) is 40.0 Å². The fraction of sp³-hybridized carbons (Fsp3) is 0.647. The lowest BCUT2D eigenvalue weighted by Gasteiger charge is -2.30. The van der Waals surface area contributed by atoms with Crippen LogP contribution in [0.4, 0.5) is 0 Å². The van der Waals surface area contributed by atoms with Gasteiger partial charge in [-0.1, -0.05) is 13.0 Å². The summed E-state index contributed by atoms with van der Waals surface area (Å²) >= 11 is 0. The van der Waals surface area contributed by atoms with Gasteiger partial charge in [-0.25, -0.2) is 0 Å². The van der Waals surface area contributed by atoms with Crippen molar-refractivity contribution in [3.8, 4) is 0 Å². The predicted octanol–water partition coefficient (Wildman–Crippen LogP) is 2.68. The molecule has 1 aromatic heterocycles. The van der Waals surface area contributed by atoms with Gasteiger partial charge in [-0.15, -0.1) is 0 Å². The summed E-state index contributed by atoms with van der Waals surface area (Å²) in [7, 11) is 0. The number of nitrogens with zero attached hydrogens (tertiary/aromatic N) is 2. The molecule has 0 N–H and O–H groups in total. The van der Waals surface area contributed by atoms with Crippen LogP contribution in [0.2, 0.25) is 0 Å². The number of hydrogen-bond acceptors (Lipinski definition) is 4. The Morgan fingerprint density at radius 1 is 1.29 bits per heavy atom. The summed E-state index contributed by atoms with van der Waals surface area (Å²) in [6.45, 7) is 12.2. The highest BCUT2D eigenvalue weighted by atomic mass is 16.5. The average Bonchev–Trinajstić information content (AvgIpc) is 2.57. The van der Waals surface area contributed by atoms with Crippen molar-refractivity contribution in [2.45, 2.75) is 52.4 Å². The van der Waals surface area contributed by atoms with Gasteiger partial charge in [-0.3, -0.25) is 14.7 Å². The number of Topliss-reactive ketones (excluding diaryl/α,β-unsaturated/α-hetero) is 1. The van der Waals surface area contributed by atoms with Gasteiger partial charge in [-0.2, -0.15) is 0 Å². The Balaban J connectivity index is 2.09. The molecule has 0 aromatic carbocycles. The smallest absolute Gasteiger partial charge is 0.171 e. The highest BCUT2D eigenvalue weighted by molar-refractivity contribution is 5.91. The minimum absolute atomic E-state index is 0.101. The van der Waals surface area contributed by atoms with Crippen molar-refractivity contribution in [2.24, 2.45) is 5.92 Å². The Bertz CT molecular complexity index is 497. The summed E-state index contributed by atoms with van der Waals surface area (Å²) in [5.41, 5.74) is -0.0701. The second-order valence-corrected chi connectivity index (χ2v) is 6.78. The summed E-state index contributed by atoms with van der Waals surface area (Å²) < 4.78 is 5.96. The minimum Gasteiger partial charge on any atom is -0.361 e. The van der Waals surface area contributed by atoms with E-state index in [9.17, 15) is 4.79 Å². The van der Waals surface area contributed by atoms with Gasteiger partial charge in [0, 0.05) is 19.3 Å². The third-order valence-electron chi connectivity index (χ3n) is 4.27. The summed E-state index contributed by atoms with van der Waals surface area (Å²) in [4.78, 5) is 19.2. The SMILES string of the molecule is CCN(Cc1ccccn1)CC1C(=O)C(C)(C)OC1(C)C. The Kier molecular flexibility index (Phi) is 4.49. The number of carbonyl (C=O) groups is 1. The lowest BCUT2D eigenvalue weighted by atomic mass is 9.85. The fourth-order valence-corrected chi connectivity index (χ4v) is 3.10. The van der Waals surface area contributed by atoms with Crippen molar-refractivity contribution in [1.82, 2.24) is 9.88 Å². The van der Waals surface area contributed by atoms with Gasteiger partial charge in [-0.05, 0) is 46.4 Å². The minimum atomic E-state index is -0.682. The van der Waals surface area contributed by atoms with Crippen molar-refractivity contribution in [1.29, 1.82) is 0 Å². The lowest BCUT2D eigenvalue weighted by Crippen LogP contribution is -2.41. The molecule has 2 rings (SSSR count). The van der Waals surface area contributed by atoms with E-state index < -0.39 is 11.2 Å². The van der Waals surface area contributed by atoms with E-state index in [2.05, 4.69) is 16.8 Å². The molecule has 1 unspecified atom stereocenters. The summed E-state index contributed by atoms with van der Waals surface area (Å²) in [6, 6.07) is 5.93. The average molecular weight is 290 g/mol. The van der Waals surface area contributed by atoms with E-state index in [0.717, 1.165) is 18.8 Å². The molecule has 2 heterocycles. The predicted molar refractivity (Wildman–Crippen MR) is 82.9 cm³/mol. The van der Waals surface area contributed by atoms with Gasteiger partial charge in [0.25, 0.3) is 0 Å². The van der Waals surface area contributed by atoms with Gasteiger partial charge < -0.3 is 4.74 Å². The summed E-state index contributed by atoms with van der Waals surface area (Å²) in [6.07, 6.45) is 1.81. The van der Waals surface area contributed by atoms with Crippen LogP contribution in [0.15, 0.2) is 24.4 Å². The molecule has 4 nitrogen and oxygen atoms in total. The lowest BCUT2D eigenvalue weighted by molar-refractivity contribution is -0.132. The van der Waals surface area contributed by atoms with Crippen LogP contribution in [0.3, 0.4) is 0 Å². The summed E-state index contributed by atoms with van der Waals surface area (Å²) in [5.74, 6) is 0.100. The maximum Gasteiger partial charge on any atom is 0.171 e. The summed E-state index contributed by atoms with van der Waals surface area (Å²) in [5, 5.41) is 0. The van der Waals surface area contributed by atoms with Gasteiger partial charge in [0.1, 0.15) is 5.60 Å². The number of hydrogen-bond donors (Lipinski definition) is 0. The highest BCUT2D eigenvalue weighted by Gasteiger charge is 2.53. The standard InChI is InChI=1S/C17H26N2O2/c1-6-19(11-13-9-7-8-10-18-13)12-14-15(20)17(4,5)21-16(14,2)3/h7-10,14H,6,11-12H2,1-5H3. The van der Waals surface area contributed by atoms with E-state index >= 15 is 0 Å². The molecule has 1 aliphatic rings. The molecule has 116 valence electrons. The molecular weight excluding hydrogens is 264 g/mol. The molecule has 0 saturated carbocycles. The largest absolute Gasteiger partial charge is 0.361 e. The Labute approximate surface area is 127 Å². The number of aromatic nitrogens is 1. The van der Waals surface area contributed by atoms with Gasteiger partial charge in [0.2, 0.25) is 0 Å². The number of carbonyl (C=O) groups excluding carboxylic acids is 1. The highest BCUT2D eigenvalue weighted by Crippen LogP contribution is 2.39. The Morgan fingerprint density at radius 3 is 2.48 bits per heavy atom. The second-order valence-electron chi connectivity index (χ2n) is 6.78. The maximum atomic E-state index is 12.6. The zero-order valence-corrected chi connectivity index (χ0v) is 13.7. The monoisotopic (exact) mass is 290 g/mol. The molecule has 0 spiro atoms. The van der Waals surface area contributed by atoms with Crippen molar-refractivity contribution in [3.63, 3.8) is 0 Å². The number of ketones is 1. The fourth-order valence-electron chi connectivity index (χ4n) is 3.10. The van der Waals surface area contributed by atoms with Crippen molar-refractivity contribution >= 4 is 5.78 Å². The van der Waals surface area contributed by atoms with E-state index in [4.69, 9.17) is 4.74 Å². The van der Waals surface area contributed by atoms with Crippen LogP contribution in [0.1, 0.15) is 40.3 Å². The first-order valence-corrected chi connectivity index (χ1v) is 7.63. The van der Waals surface area contributed by atoms with Gasteiger partial charge in [0.15, 0.2) is 5.78 Å². The Hall–Kier alpha value is -1.26. The molecule has 1 saturated heterocycles. The van der Waals surface area contributed by atoms with Crippen molar-refractivity contribution in [2.75, 3.05) is 13.1 Å². The normalized spacial score (nSPS) is 23.7. The molecule has 1 aromatic rings. The van der Waals surface area contributed by atoms with Crippen LogP contribution < -0.4 is 0 Å². The number of pyridine rings is 1. The molecule has 1 fully saturated rings. The first-order valence-electron chi connectivity index (χ1n) is 7.63. The molecule has 0 bridgehead atoms. The molecule has 1 aliphatic heterocycles. The van der Waals surface area contributed by atoms with Crippen molar-refractivity contribution < 1.29 is 9.53 Å². The van der Waals surface area contributed by atoms with E-state index in [1.54, 1.807) is 6.20 Å². The van der Waals surface area contributed by atoms with Crippen LogP contribution in [0, 0.1) is 5.92 Å². The van der Waals surface area contributed by atoms with Crippen LogP contribution in [0.5, 0.6) is 0 Å². The van der Waals surface area contributed by atoms with Gasteiger partial charge >= 0.3 is 0 Å². The molecule has 4 heteroatoms. The quantitative estimate of drug-likeness (QED) is 0.836. The molecular formula is C17H26N2O2. The molecule has 0 aliphatic carbocycles. The second kappa shape index (κ2) is 5.85. The first-order chi connectivity index (χ1) is 9.76. The third kappa shape index (κ3) is 3.50. The van der Waals surface area contributed by atoms with Gasteiger partial charge in [0.05, 0.1) is 17.2 Å². The zero-order chi connectivity index (χ0) is 15.7. The van der Waals surface area contributed by atoms with Crippen LogP contribution >= 0.6 is 0 Å². The number of rotatable bonds is 5. The molecule has 0 radical (unpaired) electrons. The van der Waals surface area contributed by atoms with Crippen LogP contribution in [-0.2, 0) is 16.1 Å². The molecule has 1 atom stereocenters. The number of ether oxygens (including phenoxy) is 1. The van der Waals surface area contributed by atoms with E-state index in [0.29, 0.717) is 6.54 Å². The van der Waals surface area contributed by atoms with E-state index in [-0.39, 0.29) is 11.7 Å².